The highest BCUT2D eigenvalue weighted by Gasteiger charge is 2.23. The molecule has 0 fully saturated rings. The van der Waals surface area contributed by atoms with E-state index in [0.717, 1.165) is 5.69 Å². The Balaban J connectivity index is 2.62. The molecule has 0 unspecified atom stereocenters. The molecule has 0 aliphatic heterocycles. The number of carbonyl (C=O) groups is 1. The molecule has 0 aliphatic rings. The molecule has 0 saturated carbocycles. The second-order valence-electron chi connectivity index (χ2n) is 6.00. The first kappa shape index (κ1) is 15.0. The second-order valence-corrected chi connectivity index (χ2v) is 6.00. The fourth-order valence-electron chi connectivity index (χ4n) is 1.90. The van der Waals surface area contributed by atoms with Gasteiger partial charge in [0.1, 0.15) is 0 Å². The summed E-state index contributed by atoms with van der Waals surface area (Å²) >= 11 is 0. The van der Waals surface area contributed by atoms with Crippen LogP contribution in [0, 0.1) is 0 Å². The second kappa shape index (κ2) is 5.16. The van der Waals surface area contributed by atoms with Crippen LogP contribution in [0.1, 0.15) is 31.3 Å². The number of amides is 1. The van der Waals surface area contributed by atoms with E-state index in [9.17, 15) is 4.79 Å². The zero-order chi connectivity index (χ0) is 15.8. The van der Waals surface area contributed by atoms with E-state index in [0.29, 0.717) is 11.6 Å². The maximum atomic E-state index is 11.4. The van der Waals surface area contributed by atoms with Crippen LogP contribution in [0.3, 0.4) is 0 Å². The van der Waals surface area contributed by atoms with Gasteiger partial charge in [-0.3, -0.25) is 9.48 Å². The summed E-state index contributed by atoms with van der Waals surface area (Å²) in [6, 6.07) is 3.45. The Kier molecular flexibility index (Phi) is 3.67. The van der Waals surface area contributed by atoms with E-state index in [4.69, 9.17) is 5.73 Å². The van der Waals surface area contributed by atoms with Gasteiger partial charge in [-0.25, -0.2) is 9.97 Å². The summed E-state index contributed by atoms with van der Waals surface area (Å²) in [5.41, 5.74) is 6.70. The number of carbonyl (C=O) groups excluding carboxylic acids is 1. The van der Waals surface area contributed by atoms with E-state index in [1.165, 1.54) is 0 Å². The maximum absolute atomic E-state index is 11.4. The van der Waals surface area contributed by atoms with Crippen molar-refractivity contribution in [2.24, 2.45) is 5.73 Å². The van der Waals surface area contributed by atoms with Crippen molar-refractivity contribution < 1.29 is 4.79 Å². The standard InChI is InChI=1S/C14H20N6O/c1-14(2,3)20-11(8-10(18-20)12(15)21)9-6-7-16-13(17-9)19(4)5/h6-8H,1-5H3,(H2,15,21). The number of nitrogens with zero attached hydrogens (tertiary/aromatic N) is 5. The minimum absolute atomic E-state index is 0.227. The van der Waals surface area contributed by atoms with Gasteiger partial charge in [0.05, 0.1) is 16.9 Å². The van der Waals surface area contributed by atoms with E-state index >= 15 is 0 Å². The molecule has 0 saturated heterocycles. The third-order valence-electron chi connectivity index (χ3n) is 2.90. The van der Waals surface area contributed by atoms with Crippen LogP contribution >= 0.6 is 0 Å². The van der Waals surface area contributed by atoms with Crippen molar-refractivity contribution in [3.63, 3.8) is 0 Å². The van der Waals surface area contributed by atoms with E-state index in [-0.39, 0.29) is 11.2 Å². The molecule has 0 atom stereocenters. The van der Waals surface area contributed by atoms with E-state index < -0.39 is 5.91 Å². The molecular formula is C14H20N6O. The molecule has 2 aromatic heterocycles. The van der Waals surface area contributed by atoms with E-state index in [2.05, 4.69) is 15.1 Å². The maximum Gasteiger partial charge on any atom is 0.269 e. The Labute approximate surface area is 123 Å². The minimum atomic E-state index is -0.555. The number of rotatable bonds is 3. The average Bonchev–Trinajstić information content (AvgIpc) is 2.84. The SMILES string of the molecule is CN(C)c1nccc(-c2cc(C(N)=O)nn2C(C)(C)C)n1. The zero-order valence-electron chi connectivity index (χ0n) is 13.0. The van der Waals surface area contributed by atoms with Crippen LogP contribution in [0.2, 0.25) is 0 Å². The number of hydrogen-bond donors (Lipinski definition) is 1. The predicted octanol–water partition coefficient (Wildman–Crippen LogP) is 1.26. The van der Waals surface area contributed by atoms with Gasteiger partial charge in [-0.15, -0.1) is 0 Å². The number of primary amides is 1. The summed E-state index contributed by atoms with van der Waals surface area (Å²) in [6.45, 7) is 6.01. The lowest BCUT2D eigenvalue weighted by Crippen LogP contribution is -2.25. The fourth-order valence-corrected chi connectivity index (χ4v) is 1.90. The Morgan fingerprint density at radius 2 is 2.00 bits per heavy atom. The summed E-state index contributed by atoms with van der Waals surface area (Å²) in [5.74, 6) is 0.0379. The Morgan fingerprint density at radius 1 is 1.33 bits per heavy atom. The smallest absolute Gasteiger partial charge is 0.269 e. The molecule has 2 heterocycles. The largest absolute Gasteiger partial charge is 0.364 e. The lowest BCUT2D eigenvalue weighted by atomic mass is 10.1. The number of aromatic nitrogens is 4. The first-order chi connectivity index (χ1) is 9.70. The first-order valence-corrected chi connectivity index (χ1v) is 6.61. The molecule has 0 radical (unpaired) electrons. The third-order valence-corrected chi connectivity index (χ3v) is 2.90. The predicted molar refractivity (Wildman–Crippen MR) is 81.1 cm³/mol. The summed E-state index contributed by atoms with van der Waals surface area (Å²) < 4.78 is 1.76. The zero-order valence-corrected chi connectivity index (χ0v) is 13.0. The highest BCUT2D eigenvalue weighted by molar-refractivity contribution is 5.91. The molecule has 21 heavy (non-hydrogen) atoms. The van der Waals surface area contributed by atoms with Crippen molar-refractivity contribution in [3.8, 4) is 11.4 Å². The van der Waals surface area contributed by atoms with Gasteiger partial charge in [0, 0.05) is 20.3 Å². The van der Waals surface area contributed by atoms with Gasteiger partial charge in [0.15, 0.2) is 5.69 Å². The van der Waals surface area contributed by atoms with Gasteiger partial charge in [-0.2, -0.15) is 5.10 Å². The molecule has 7 heteroatoms. The van der Waals surface area contributed by atoms with Gasteiger partial charge in [0.2, 0.25) is 5.95 Å². The van der Waals surface area contributed by atoms with Crippen LogP contribution in [-0.4, -0.2) is 39.8 Å². The van der Waals surface area contributed by atoms with Gasteiger partial charge in [0.25, 0.3) is 5.91 Å². The van der Waals surface area contributed by atoms with Crippen LogP contribution in [-0.2, 0) is 5.54 Å². The Bertz CT molecular complexity index is 668. The molecule has 112 valence electrons. The van der Waals surface area contributed by atoms with Crippen molar-refractivity contribution in [1.29, 1.82) is 0 Å². The van der Waals surface area contributed by atoms with E-state index in [1.807, 2.05) is 39.8 Å². The molecule has 0 aromatic carbocycles. The summed E-state index contributed by atoms with van der Waals surface area (Å²) in [7, 11) is 3.74. The number of hydrogen-bond acceptors (Lipinski definition) is 5. The van der Waals surface area contributed by atoms with Gasteiger partial charge < -0.3 is 10.6 Å². The highest BCUT2D eigenvalue weighted by atomic mass is 16.1. The van der Waals surface area contributed by atoms with Gasteiger partial charge in [-0.1, -0.05) is 0 Å². The van der Waals surface area contributed by atoms with Crippen molar-refractivity contribution >= 4 is 11.9 Å². The monoisotopic (exact) mass is 288 g/mol. The van der Waals surface area contributed by atoms with Crippen LogP contribution in [0.4, 0.5) is 5.95 Å². The Hall–Kier alpha value is -2.44. The minimum Gasteiger partial charge on any atom is -0.364 e. The van der Waals surface area contributed by atoms with Crippen LogP contribution in [0.5, 0.6) is 0 Å². The summed E-state index contributed by atoms with van der Waals surface area (Å²) in [5, 5.41) is 4.30. The van der Waals surface area contributed by atoms with Crippen molar-refractivity contribution in [2.45, 2.75) is 26.3 Å². The van der Waals surface area contributed by atoms with Crippen molar-refractivity contribution in [3.05, 3.63) is 24.0 Å². The normalized spacial score (nSPS) is 11.5. The van der Waals surface area contributed by atoms with Crippen molar-refractivity contribution in [1.82, 2.24) is 19.7 Å². The van der Waals surface area contributed by atoms with Gasteiger partial charge >= 0.3 is 0 Å². The van der Waals surface area contributed by atoms with Crippen molar-refractivity contribution in [2.75, 3.05) is 19.0 Å². The molecule has 7 nitrogen and oxygen atoms in total. The van der Waals surface area contributed by atoms with Crippen LogP contribution in [0.15, 0.2) is 18.3 Å². The molecular weight excluding hydrogens is 268 g/mol. The first-order valence-electron chi connectivity index (χ1n) is 6.61. The number of nitrogens with two attached hydrogens (primary N) is 1. The number of anilines is 1. The fraction of sp³-hybridized carbons (Fsp3) is 0.429. The molecule has 2 aromatic rings. The molecule has 1 amide bonds. The molecule has 0 spiro atoms. The molecule has 0 aliphatic carbocycles. The summed E-state index contributed by atoms with van der Waals surface area (Å²) in [4.78, 5) is 21.9. The molecule has 2 rings (SSSR count). The topological polar surface area (TPSA) is 89.9 Å². The van der Waals surface area contributed by atoms with E-state index in [1.54, 1.807) is 23.0 Å². The van der Waals surface area contributed by atoms with Gasteiger partial charge in [-0.05, 0) is 32.9 Å². The highest BCUT2D eigenvalue weighted by Crippen LogP contribution is 2.25. The third kappa shape index (κ3) is 3.01. The van der Waals surface area contributed by atoms with Crippen LogP contribution < -0.4 is 10.6 Å². The molecule has 2 N–H and O–H groups in total. The van der Waals surface area contributed by atoms with Crippen LogP contribution in [0.25, 0.3) is 11.4 Å². The lowest BCUT2D eigenvalue weighted by Gasteiger charge is -2.22. The molecule has 0 bridgehead atoms. The lowest BCUT2D eigenvalue weighted by molar-refractivity contribution is 0.0994. The average molecular weight is 288 g/mol. The quantitative estimate of drug-likeness (QED) is 0.918. The Morgan fingerprint density at radius 3 is 2.52 bits per heavy atom. The summed E-state index contributed by atoms with van der Waals surface area (Å²) in [6.07, 6.45) is 1.68.